The number of carbonyl (C=O) groups excluding carboxylic acids is 2. The standard InChI is InChI=1S/C8H11ClF2N2O2/c1-5(9)6(14)12-7(15)13-3-2-8(10,11)4-13/h5H,2-4H2,1H3,(H,12,14,15). The average molecular weight is 241 g/mol. The molecule has 1 saturated heterocycles. The van der Waals surface area contributed by atoms with Crippen molar-refractivity contribution < 1.29 is 18.4 Å². The van der Waals surface area contributed by atoms with E-state index in [0.29, 0.717) is 0 Å². The Morgan fingerprint density at radius 1 is 1.53 bits per heavy atom. The highest BCUT2D eigenvalue weighted by Gasteiger charge is 2.40. The number of nitrogens with zero attached hydrogens (tertiary/aromatic N) is 1. The fourth-order valence-electron chi connectivity index (χ4n) is 1.19. The molecule has 1 heterocycles. The molecule has 1 rings (SSSR count). The Labute approximate surface area is 90.6 Å². The van der Waals surface area contributed by atoms with Gasteiger partial charge in [-0.1, -0.05) is 0 Å². The van der Waals surface area contributed by atoms with Crippen molar-refractivity contribution in [2.45, 2.75) is 24.6 Å². The number of likely N-dealkylation sites (tertiary alicyclic amines) is 1. The van der Waals surface area contributed by atoms with Crippen LogP contribution in [-0.2, 0) is 4.79 Å². The predicted octanol–water partition coefficient (Wildman–Crippen LogP) is 1.19. The van der Waals surface area contributed by atoms with Gasteiger partial charge in [-0.25, -0.2) is 13.6 Å². The van der Waals surface area contributed by atoms with Crippen LogP contribution in [0.15, 0.2) is 0 Å². The summed E-state index contributed by atoms with van der Waals surface area (Å²) < 4.78 is 25.4. The zero-order valence-electron chi connectivity index (χ0n) is 8.10. The van der Waals surface area contributed by atoms with Crippen molar-refractivity contribution in [3.63, 3.8) is 0 Å². The predicted molar refractivity (Wildman–Crippen MR) is 50.0 cm³/mol. The number of rotatable bonds is 1. The van der Waals surface area contributed by atoms with Crippen LogP contribution in [0, 0.1) is 0 Å². The van der Waals surface area contributed by atoms with Crippen molar-refractivity contribution in [3.05, 3.63) is 0 Å². The van der Waals surface area contributed by atoms with Crippen LogP contribution in [0.5, 0.6) is 0 Å². The number of halogens is 3. The molecule has 1 N–H and O–H groups in total. The molecular formula is C8H11ClF2N2O2. The quantitative estimate of drug-likeness (QED) is 0.700. The van der Waals surface area contributed by atoms with Gasteiger partial charge in [0.15, 0.2) is 0 Å². The summed E-state index contributed by atoms with van der Waals surface area (Å²) in [5, 5.41) is 1.08. The normalized spacial score (nSPS) is 21.2. The van der Waals surface area contributed by atoms with Crippen molar-refractivity contribution in [3.8, 4) is 0 Å². The lowest BCUT2D eigenvalue weighted by atomic mass is 10.3. The SMILES string of the molecule is CC(Cl)C(=O)NC(=O)N1CCC(F)(F)C1. The number of hydrogen-bond acceptors (Lipinski definition) is 2. The van der Waals surface area contributed by atoms with Gasteiger partial charge in [0.1, 0.15) is 5.38 Å². The highest BCUT2D eigenvalue weighted by Crippen LogP contribution is 2.26. The molecule has 4 nitrogen and oxygen atoms in total. The van der Waals surface area contributed by atoms with Crippen molar-refractivity contribution in [2.24, 2.45) is 0 Å². The van der Waals surface area contributed by atoms with Gasteiger partial charge in [0.25, 0.3) is 5.92 Å². The van der Waals surface area contributed by atoms with E-state index in [0.717, 1.165) is 4.90 Å². The summed E-state index contributed by atoms with van der Waals surface area (Å²) in [6.45, 7) is 0.689. The van der Waals surface area contributed by atoms with E-state index in [-0.39, 0.29) is 13.0 Å². The molecule has 0 radical (unpaired) electrons. The first-order valence-corrected chi connectivity index (χ1v) is 4.87. The summed E-state index contributed by atoms with van der Waals surface area (Å²) in [6.07, 6.45) is -0.370. The molecule has 1 atom stereocenters. The highest BCUT2D eigenvalue weighted by atomic mass is 35.5. The number of hydrogen-bond donors (Lipinski definition) is 1. The van der Waals surface area contributed by atoms with Gasteiger partial charge in [-0.05, 0) is 6.92 Å². The van der Waals surface area contributed by atoms with Crippen LogP contribution >= 0.6 is 11.6 Å². The fraction of sp³-hybridized carbons (Fsp3) is 0.750. The van der Waals surface area contributed by atoms with Crippen LogP contribution in [0.25, 0.3) is 0 Å². The summed E-state index contributed by atoms with van der Waals surface area (Å²) in [6, 6.07) is -0.815. The first-order valence-electron chi connectivity index (χ1n) is 4.43. The van der Waals surface area contributed by atoms with Gasteiger partial charge < -0.3 is 4.90 Å². The van der Waals surface area contributed by atoms with Crippen LogP contribution in [0.1, 0.15) is 13.3 Å². The van der Waals surface area contributed by atoms with Crippen LogP contribution in [0.3, 0.4) is 0 Å². The van der Waals surface area contributed by atoms with Gasteiger partial charge >= 0.3 is 6.03 Å². The van der Waals surface area contributed by atoms with Gasteiger partial charge in [-0.15, -0.1) is 11.6 Å². The van der Waals surface area contributed by atoms with E-state index in [1.165, 1.54) is 6.92 Å². The van der Waals surface area contributed by atoms with Crippen LogP contribution in [0.4, 0.5) is 13.6 Å². The summed E-state index contributed by atoms with van der Waals surface area (Å²) in [4.78, 5) is 23.1. The Kier molecular flexibility index (Phi) is 3.49. The van der Waals surface area contributed by atoms with E-state index in [1.807, 2.05) is 5.32 Å². The third-order valence-electron chi connectivity index (χ3n) is 2.05. The zero-order valence-corrected chi connectivity index (χ0v) is 8.85. The maximum atomic E-state index is 12.7. The maximum Gasteiger partial charge on any atom is 0.324 e. The summed E-state index contributed by atoms with van der Waals surface area (Å²) >= 11 is 5.40. The first kappa shape index (κ1) is 12.2. The number of amides is 3. The topological polar surface area (TPSA) is 49.4 Å². The summed E-state index contributed by atoms with van der Waals surface area (Å²) in [7, 11) is 0. The second-order valence-electron chi connectivity index (χ2n) is 3.44. The van der Waals surface area contributed by atoms with Crippen molar-refractivity contribution in [1.29, 1.82) is 0 Å². The zero-order chi connectivity index (χ0) is 11.6. The smallest absolute Gasteiger partial charge is 0.318 e. The molecule has 0 bridgehead atoms. The molecule has 15 heavy (non-hydrogen) atoms. The molecule has 0 aromatic carbocycles. The molecule has 0 saturated carbocycles. The lowest BCUT2D eigenvalue weighted by Gasteiger charge is -2.16. The minimum atomic E-state index is -2.85. The van der Waals surface area contributed by atoms with Crippen molar-refractivity contribution in [2.75, 3.05) is 13.1 Å². The van der Waals surface area contributed by atoms with E-state index in [1.54, 1.807) is 0 Å². The molecule has 86 valence electrons. The minimum Gasteiger partial charge on any atom is -0.318 e. The second-order valence-corrected chi connectivity index (χ2v) is 4.09. The van der Waals surface area contributed by atoms with Crippen LogP contribution in [0.2, 0.25) is 0 Å². The number of alkyl halides is 3. The molecule has 1 fully saturated rings. The Bertz CT molecular complexity index is 284. The number of urea groups is 1. The van der Waals surface area contributed by atoms with Gasteiger partial charge in [0.2, 0.25) is 5.91 Å². The monoisotopic (exact) mass is 240 g/mol. The Hall–Kier alpha value is -0.910. The molecule has 0 aliphatic carbocycles. The summed E-state index contributed by atoms with van der Waals surface area (Å²) in [5.41, 5.74) is 0. The highest BCUT2D eigenvalue weighted by molar-refractivity contribution is 6.31. The molecule has 0 spiro atoms. The van der Waals surface area contributed by atoms with E-state index in [2.05, 4.69) is 0 Å². The van der Waals surface area contributed by atoms with Gasteiger partial charge in [0, 0.05) is 13.0 Å². The maximum absolute atomic E-state index is 12.7. The van der Waals surface area contributed by atoms with E-state index in [4.69, 9.17) is 11.6 Å². The van der Waals surface area contributed by atoms with E-state index < -0.39 is 29.8 Å². The lowest BCUT2D eigenvalue weighted by molar-refractivity contribution is -0.119. The lowest BCUT2D eigenvalue weighted by Crippen LogP contribution is -2.44. The molecule has 1 aliphatic heterocycles. The largest absolute Gasteiger partial charge is 0.324 e. The van der Waals surface area contributed by atoms with Crippen molar-refractivity contribution in [1.82, 2.24) is 10.2 Å². The van der Waals surface area contributed by atoms with Gasteiger partial charge in [-0.2, -0.15) is 0 Å². The molecule has 0 aromatic rings. The third kappa shape index (κ3) is 3.30. The Balaban J connectivity index is 2.46. The number of nitrogens with one attached hydrogen (secondary N) is 1. The number of imide groups is 1. The van der Waals surface area contributed by atoms with Crippen molar-refractivity contribution >= 4 is 23.5 Å². The average Bonchev–Trinajstić information content (AvgIpc) is 2.45. The second kappa shape index (κ2) is 4.30. The Morgan fingerprint density at radius 2 is 2.13 bits per heavy atom. The Morgan fingerprint density at radius 3 is 2.53 bits per heavy atom. The molecule has 0 aromatic heterocycles. The number of carbonyl (C=O) groups is 2. The van der Waals surface area contributed by atoms with Crippen LogP contribution < -0.4 is 5.32 Å². The van der Waals surface area contributed by atoms with E-state index in [9.17, 15) is 18.4 Å². The summed E-state index contributed by atoms with van der Waals surface area (Å²) in [5.74, 6) is -3.54. The van der Waals surface area contributed by atoms with Gasteiger partial charge in [-0.3, -0.25) is 10.1 Å². The van der Waals surface area contributed by atoms with Gasteiger partial charge in [0.05, 0.1) is 6.54 Å². The molecule has 3 amide bonds. The third-order valence-corrected chi connectivity index (χ3v) is 2.25. The fourth-order valence-corrected chi connectivity index (χ4v) is 1.25. The minimum absolute atomic E-state index is 0.0528. The molecule has 1 aliphatic rings. The molecule has 7 heteroatoms. The van der Waals surface area contributed by atoms with E-state index >= 15 is 0 Å². The molecule has 1 unspecified atom stereocenters. The first-order chi connectivity index (χ1) is 6.82. The molecular weight excluding hydrogens is 230 g/mol. The van der Waals surface area contributed by atoms with Crippen LogP contribution in [-0.4, -0.2) is 41.2 Å².